The molecule has 1 aromatic heterocycles. The van der Waals surface area contributed by atoms with Crippen LogP contribution in [0.15, 0.2) is 18.2 Å². The zero-order valence-corrected chi connectivity index (χ0v) is 11.8. The summed E-state index contributed by atoms with van der Waals surface area (Å²) in [5.41, 5.74) is 1.17. The molecule has 0 spiro atoms. The fourth-order valence-electron chi connectivity index (χ4n) is 1.96. The van der Waals surface area contributed by atoms with Crippen LogP contribution in [-0.2, 0) is 10.5 Å². The quantitative estimate of drug-likeness (QED) is 0.856. The number of hydrogen-bond acceptors (Lipinski definition) is 4. The van der Waals surface area contributed by atoms with Crippen LogP contribution >= 0.6 is 11.8 Å². The van der Waals surface area contributed by atoms with E-state index in [0.717, 1.165) is 43.0 Å². The van der Waals surface area contributed by atoms with Crippen LogP contribution in [0.2, 0.25) is 0 Å². The Kier molecular flexibility index (Phi) is 5.81. The van der Waals surface area contributed by atoms with Crippen LogP contribution in [0.5, 0.6) is 0 Å². The summed E-state index contributed by atoms with van der Waals surface area (Å²) in [6.07, 6.45) is 3.49. The van der Waals surface area contributed by atoms with Crippen molar-refractivity contribution in [1.82, 2.24) is 4.98 Å². The predicted molar refractivity (Wildman–Crippen MR) is 78.2 cm³/mol. The molecule has 1 N–H and O–H groups in total. The minimum absolute atomic E-state index is 0.743. The number of nitrogens with one attached hydrogen (secondary N) is 1. The van der Waals surface area contributed by atoms with Crippen molar-refractivity contribution in [1.29, 1.82) is 0 Å². The number of ether oxygens (including phenoxy) is 1. The van der Waals surface area contributed by atoms with Gasteiger partial charge in [-0.25, -0.2) is 4.98 Å². The third-order valence-corrected chi connectivity index (χ3v) is 4.40. The van der Waals surface area contributed by atoms with E-state index in [9.17, 15) is 0 Å². The Bertz CT molecular complexity index is 353. The molecule has 0 unspecified atom stereocenters. The monoisotopic (exact) mass is 266 g/mol. The maximum Gasteiger partial charge on any atom is 0.126 e. The van der Waals surface area contributed by atoms with Gasteiger partial charge in [0.25, 0.3) is 0 Å². The lowest BCUT2D eigenvalue weighted by atomic mass is 10.2. The number of aromatic nitrogens is 1. The third kappa shape index (κ3) is 4.50. The van der Waals surface area contributed by atoms with E-state index in [1.54, 1.807) is 0 Å². The first kappa shape index (κ1) is 13.7. The van der Waals surface area contributed by atoms with Gasteiger partial charge in [0, 0.05) is 30.8 Å². The van der Waals surface area contributed by atoms with E-state index in [4.69, 9.17) is 4.74 Å². The van der Waals surface area contributed by atoms with Crippen LogP contribution in [0.4, 0.5) is 5.82 Å². The van der Waals surface area contributed by atoms with Crippen molar-refractivity contribution in [3.8, 4) is 0 Å². The Hall–Kier alpha value is -0.740. The second-order valence-electron chi connectivity index (χ2n) is 4.56. The smallest absolute Gasteiger partial charge is 0.126 e. The van der Waals surface area contributed by atoms with Gasteiger partial charge in [-0.1, -0.05) is 13.0 Å². The van der Waals surface area contributed by atoms with E-state index in [1.807, 2.05) is 17.8 Å². The van der Waals surface area contributed by atoms with Gasteiger partial charge in [0.15, 0.2) is 0 Å². The molecule has 0 saturated carbocycles. The lowest BCUT2D eigenvalue weighted by Gasteiger charge is -2.21. The van der Waals surface area contributed by atoms with E-state index in [2.05, 4.69) is 29.4 Å². The lowest BCUT2D eigenvalue weighted by molar-refractivity contribution is 0.1000. The van der Waals surface area contributed by atoms with Crippen molar-refractivity contribution in [2.75, 3.05) is 25.1 Å². The molecule has 0 amide bonds. The zero-order chi connectivity index (χ0) is 12.6. The van der Waals surface area contributed by atoms with Gasteiger partial charge in [-0.05, 0) is 31.4 Å². The van der Waals surface area contributed by atoms with Gasteiger partial charge in [0.05, 0.1) is 5.69 Å². The van der Waals surface area contributed by atoms with Gasteiger partial charge >= 0.3 is 0 Å². The first-order valence-corrected chi connectivity index (χ1v) is 7.82. The summed E-state index contributed by atoms with van der Waals surface area (Å²) in [5.74, 6) is 2.01. The van der Waals surface area contributed by atoms with Crippen LogP contribution < -0.4 is 5.32 Å². The second kappa shape index (κ2) is 7.64. The van der Waals surface area contributed by atoms with Gasteiger partial charge in [-0.3, -0.25) is 0 Å². The third-order valence-electron chi connectivity index (χ3n) is 3.00. The van der Waals surface area contributed by atoms with E-state index in [0.29, 0.717) is 0 Å². The molecular formula is C14H22N2OS. The number of anilines is 1. The first-order valence-electron chi connectivity index (χ1n) is 6.77. The summed E-state index contributed by atoms with van der Waals surface area (Å²) in [4.78, 5) is 4.63. The number of nitrogens with zero attached hydrogens (tertiary/aromatic N) is 1. The number of rotatable bonds is 6. The van der Waals surface area contributed by atoms with Crippen molar-refractivity contribution in [3.63, 3.8) is 0 Å². The standard InChI is InChI=1S/C14H22N2OS/c1-2-8-15-14-5-3-4-12(16-14)11-18-13-6-9-17-10-7-13/h3-5,13H,2,6-11H2,1H3,(H,15,16). The molecule has 0 atom stereocenters. The SMILES string of the molecule is CCCNc1cccc(CSC2CCOCC2)n1. The molecule has 1 fully saturated rings. The Morgan fingerprint density at radius 3 is 3.00 bits per heavy atom. The van der Waals surface area contributed by atoms with Crippen LogP contribution in [-0.4, -0.2) is 30.0 Å². The normalized spacial score (nSPS) is 16.7. The molecule has 1 aliphatic heterocycles. The van der Waals surface area contributed by atoms with E-state index in [-0.39, 0.29) is 0 Å². The van der Waals surface area contributed by atoms with E-state index in [1.165, 1.54) is 18.5 Å². The second-order valence-corrected chi connectivity index (χ2v) is 5.85. The summed E-state index contributed by atoms with van der Waals surface area (Å²) < 4.78 is 5.38. The Labute approximate surface area is 114 Å². The number of pyridine rings is 1. The van der Waals surface area contributed by atoms with Crippen molar-refractivity contribution in [2.24, 2.45) is 0 Å². The van der Waals surface area contributed by atoms with E-state index >= 15 is 0 Å². The van der Waals surface area contributed by atoms with Gasteiger partial charge in [0.1, 0.15) is 5.82 Å². The average molecular weight is 266 g/mol. The van der Waals surface area contributed by atoms with Crippen LogP contribution in [0, 0.1) is 0 Å². The summed E-state index contributed by atoms with van der Waals surface area (Å²) in [6.45, 7) is 4.99. The molecule has 1 aliphatic rings. The van der Waals surface area contributed by atoms with Crippen LogP contribution in [0.25, 0.3) is 0 Å². The molecule has 3 nitrogen and oxygen atoms in total. The number of hydrogen-bond donors (Lipinski definition) is 1. The van der Waals surface area contributed by atoms with Crippen LogP contribution in [0.3, 0.4) is 0 Å². The largest absolute Gasteiger partial charge is 0.381 e. The summed E-state index contributed by atoms with van der Waals surface area (Å²) in [7, 11) is 0. The predicted octanol–water partition coefficient (Wildman–Crippen LogP) is 3.32. The van der Waals surface area contributed by atoms with Crippen molar-refractivity contribution in [2.45, 2.75) is 37.2 Å². The molecule has 4 heteroatoms. The minimum Gasteiger partial charge on any atom is -0.381 e. The highest BCUT2D eigenvalue weighted by atomic mass is 32.2. The molecule has 0 aliphatic carbocycles. The van der Waals surface area contributed by atoms with Crippen molar-refractivity contribution >= 4 is 17.6 Å². The highest BCUT2D eigenvalue weighted by Gasteiger charge is 2.14. The Morgan fingerprint density at radius 2 is 2.22 bits per heavy atom. The molecule has 0 bridgehead atoms. The molecule has 100 valence electrons. The Balaban J connectivity index is 1.80. The molecule has 2 heterocycles. The molecule has 18 heavy (non-hydrogen) atoms. The van der Waals surface area contributed by atoms with Crippen molar-refractivity contribution in [3.05, 3.63) is 23.9 Å². The summed E-state index contributed by atoms with van der Waals surface area (Å²) >= 11 is 2.01. The lowest BCUT2D eigenvalue weighted by Crippen LogP contribution is -2.17. The van der Waals surface area contributed by atoms with Gasteiger partial charge in [-0.15, -0.1) is 0 Å². The summed E-state index contributed by atoms with van der Waals surface area (Å²) in [6, 6.07) is 6.24. The topological polar surface area (TPSA) is 34.1 Å². The summed E-state index contributed by atoms with van der Waals surface area (Å²) in [5, 5.41) is 4.08. The Morgan fingerprint density at radius 1 is 1.39 bits per heavy atom. The van der Waals surface area contributed by atoms with Gasteiger partial charge in [-0.2, -0.15) is 11.8 Å². The molecule has 2 rings (SSSR count). The molecule has 0 radical (unpaired) electrons. The number of thioether (sulfide) groups is 1. The first-order chi connectivity index (χ1) is 8.88. The maximum absolute atomic E-state index is 5.38. The molecule has 1 aromatic rings. The zero-order valence-electron chi connectivity index (χ0n) is 11.0. The maximum atomic E-state index is 5.38. The molecular weight excluding hydrogens is 244 g/mol. The average Bonchev–Trinajstić information content (AvgIpc) is 2.44. The van der Waals surface area contributed by atoms with Gasteiger partial charge in [0.2, 0.25) is 0 Å². The highest BCUT2D eigenvalue weighted by Crippen LogP contribution is 2.25. The van der Waals surface area contributed by atoms with Crippen molar-refractivity contribution < 1.29 is 4.74 Å². The van der Waals surface area contributed by atoms with Crippen LogP contribution in [0.1, 0.15) is 31.9 Å². The molecule has 1 saturated heterocycles. The van der Waals surface area contributed by atoms with E-state index < -0.39 is 0 Å². The fraction of sp³-hybridized carbons (Fsp3) is 0.643. The fourth-order valence-corrected chi connectivity index (χ4v) is 3.05. The molecule has 0 aromatic carbocycles. The van der Waals surface area contributed by atoms with Gasteiger partial charge < -0.3 is 10.1 Å². The highest BCUT2D eigenvalue weighted by molar-refractivity contribution is 7.99. The minimum atomic E-state index is 0.743.